The highest BCUT2D eigenvalue weighted by molar-refractivity contribution is 7.99. The summed E-state index contributed by atoms with van der Waals surface area (Å²) in [6, 6.07) is 1.45. The number of H-pyrrole nitrogens is 1. The molecule has 8 heteroatoms. The molecule has 0 spiro atoms. The fourth-order valence-electron chi connectivity index (χ4n) is 1.49. The van der Waals surface area contributed by atoms with Crippen LogP contribution in [0.25, 0.3) is 0 Å². The summed E-state index contributed by atoms with van der Waals surface area (Å²) in [6.45, 7) is 1.78. The molecule has 6 nitrogen and oxygen atoms in total. The minimum Gasteiger partial charge on any atom is -0.302 e. The van der Waals surface area contributed by atoms with Crippen LogP contribution in [0.15, 0.2) is 27.6 Å². The first-order valence-electron chi connectivity index (χ1n) is 6.03. The van der Waals surface area contributed by atoms with Crippen LogP contribution in [-0.4, -0.2) is 26.6 Å². The summed E-state index contributed by atoms with van der Waals surface area (Å²) in [7, 11) is 0. The van der Waals surface area contributed by atoms with Crippen LogP contribution in [0.2, 0.25) is 0 Å². The molecule has 2 N–H and O–H groups in total. The van der Waals surface area contributed by atoms with Gasteiger partial charge in [-0.25, -0.2) is 9.97 Å². The van der Waals surface area contributed by atoms with Gasteiger partial charge in [0.05, 0.1) is 0 Å². The summed E-state index contributed by atoms with van der Waals surface area (Å²) in [5.74, 6) is 0.670. The van der Waals surface area contributed by atoms with Crippen LogP contribution in [0.1, 0.15) is 18.5 Å². The van der Waals surface area contributed by atoms with Crippen molar-refractivity contribution in [3.8, 4) is 0 Å². The number of aromatic amines is 1. The second-order valence-electron chi connectivity index (χ2n) is 4.03. The van der Waals surface area contributed by atoms with E-state index >= 15 is 0 Å². The Bertz CT molecular complexity index is 625. The van der Waals surface area contributed by atoms with Gasteiger partial charge in [-0.1, -0.05) is 11.8 Å². The third-order valence-electron chi connectivity index (χ3n) is 2.31. The second-order valence-corrected chi connectivity index (χ2v) is 6.01. The molecule has 0 atom stereocenters. The van der Waals surface area contributed by atoms with Crippen molar-refractivity contribution in [1.29, 1.82) is 0 Å². The smallest absolute Gasteiger partial charge is 0.251 e. The summed E-state index contributed by atoms with van der Waals surface area (Å²) < 4.78 is 0. The van der Waals surface area contributed by atoms with Gasteiger partial charge in [-0.3, -0.25) is 9.59 Å². The van der Waals surface area contributed by atoms with E-state index < -0.39 is 0 Å². The van der Waals surface area contributed by atoms with E-state index in [4.69, 9.17) is 0 Å². The number of carbonyl (C=O) groups excluding carboxylic acids is 1. The van der Waals surface area contributed by atoms with E-state index in [2.05, 4.69) is 20.3 Å². The summed E-state index contributed by atoms with van der Waals surface area (Å²) in [4.78, 5) is 33.7. The lowest BCUT2D eigenvalue weighted by atomic mass is 10.3. The van der Waals surface area contributed by atoms with Crippen molar-refractivity contribution in [2.45, 2.75) is 24.9 Å². The van der Waals surface area contributed by atoms with E-state index in [0.717, 1.165) is 5.75 Å². The van der Waals surface area contributed by atoms with Crippen LogP contribution in [0.5, 0.6) is 0 Å². The third kappa shape index (κ3) is 4.78. The monoisotopic (exact) mass is 310 g/mol. The standard InChI is InChI=1S/C12H14N4O2S2/c1-8-7-10(18)16-12(14-8)19-5-2-3-9(17)15-11-13-4-6-20-11/h4,6-7H,2-3,5H2,1H3,(H,13,15,17)(H,14,16,18). The second kappa shape index (κ2) is 7.20. The van der Waals surface area contributed by atoms with E-state index in [1.54, 1.807) is 13.1 Å². The number of aryl methyl sites for hydroxylation is 1. The Kier molecular flexibility index (Phi) is 5.31. The number of carbonyl (C=O) groups is 1. The zero-order valence-electron chi connectivity index (χ0n) is 10.9. The molecule has 0 bridgehead atoms. The molecule has 0 saturated carbocycles. The molecule has 2 aromatic rings. The number of anilines is 1. The Morgan fingerprint density at radius 1 is 1.55 bits per heavy atom. The Balaban J connectivity index is 1.71. The summed E-state index contributed by atoms with van der Waals surface area (Å²) in [5.41, 5.74) is 0.541. The maximum atomic E-state index is 11.6. The molecule has 0 aliphatic carbocycles. The van der Waals surface area contributed by atoms with Crippen molar-refractivity contribution >= 4 is 34.1 Å². The number of rotatable bonds is 6. The highest BCUT2D eigenvalue weighted by atomic mass is 32.2. The molecule has 2 heterocycles. The number of nitrogens with one attached hydrogen (secondary N) is 2. The molecule has 0 saturated heterocycles. The molecule has 0 aliphatic heterocycles. The molecule has 2 aromatic heterocycles. The number of thioether (sulfide) groups is 1. The lowest BCUT2D eigenvalue weighted by molar-refractivity contribution is -0.116. The van der Waals surface area contributed by atoms with E-state index in [9.17, 15) is 9.59 Å². The van der Waals surface area contributed by atoms with Gasteiger partial charge in [-0.15, -0.1) is 11.3 Å². The highest BCUT2D eigenvalue weighted by Gasteiger charge is 2.05. The Morgan fingerprint density at radius 3 is 3.10 bits per heavy atom. The predicted molar refractivity (Wildman–Crippen MR) is 80.3 cm³/mol. The number of aromatic nitrogens is 3. The Morgan fingerprint density at radius 2 is 2.40 bits per heavy atom. The van der Waals surface area contributed by atoms with Gasteiger partial charge in [0.15, 0.2) is 10.3 Å². The van der Waals surface area contributed by atoms with E-state index in [1.165, 1.54) is 29.2 Å². The minimum atomic E-state index is -0.151. The van der Waals surface area contributed by atoms with Crippen LogP contribution in [-0.2, 0) is 4.79 Å². The third-order valence-corrected chi connectivity index (χ3v) is 3.96. The SMILES string of the molecule is Cc1cc(=O)[nH]c(SCCCC(=O)Nc2nccs2)n1. The average molecular weight is 310 g/mol. The largest absolute Gasteiger partial charge is 0.302 e. The fourth-order valence-corrected chi connectivity index (χ4v) is 2.90. The number of thiazole rings is 1. The number of nitrogens with zero attached hydrogens (tertiary/aromatic N) is 2. The molecule has 0 fully saturated rings. The first-order chi connectivity index (χ1) is 9.63. The molecule has 0 unspecified atom stereocenters. The van der Waals surface area contributed by atoms with E-state index in [0.29, 0.717) is 28.8 Å². The fraction of sp³-hybridized carbons (Fsp3) is 0.333. The van der Waals surface area contributed by atoms with Crippen LogP contribution in [0.4, 0.5) is 5.13 Å². The maximum absolute atomic E-state index is 11.6. The van der Waals surface area contributed by atoms with Gasteiger partial charge < -0.3 is 10.3 Å². The summed E-state index contributed by atoms with van der Waals surface area (Å²) in [6.07, 6.45) is 2.78. The van der Waals surface area contributed by atoms with Gasteiger partial charge in [0.25, 0.3) is 5.56 Å². The first kappa shape index (κ1) is 14.7. The maximum Gasteiger partial charge on any atom is 0.251 e. The summed E-state index contributed by atoms with van der Waals surface area (Å²) in [5, 5.41) is 5.75. The predicted octanol–water partition coefficient (Wildman–Crippen LogP) is 2.05. The van der Waals surface area contributed by atoms with Gasteiger partial charge in [0.1, 0.15) is 0 Å². The van der Waals surface area contributed by atoms with Gasteiger partial charge >= 0.3 is 0 Å². The molecule has 20 heavy (non-hydrogen) atoms. The van der Waals surface area contributed by atoms with Crippen molar-refractivity contribution in [3.63, 3.8) is 0 Å². The zero-order chi connectivity index (χ0) is 14.4. The van der Waals surface area contributed by atoms with Gasteiger partial charge in [-0.05, 0) is 13.3 Å². The lowest BCUT2D eigenvalue weighted by Crippen LogP contribution is -2.11. The van der Waals surface area contributed by atoms with E-state index in [1.807, 2.05) is 5.38 Å². The normalized spacial score (nSPS) is 10.4. The van der Waals surface area contributed by atoms with E-state index in [-0.39, 0.29) is 11.5 Å². The molecular formula is C12H14N4O2S2. The van der Waals surface area contributed by atoms with Crippen molar-refractivity contribution in [3.05, 3.63) is 33.7 Å². The topological polar surface area (TPSA) is 87.7 Å². The van der Waals surface area contributed by atoms with Crippen molar-refractivity contribution in [2.75, 3.05) is 11.1 Å². The first-order valence-corrected chi connectivity index (χ1v) is 7.90. The molecule has 106 valence electrons. The number of hydrogen-bond donors (Lipinski definition) is 2. The average Bonchev–Trinajstić information content (AvgIpc) is 2.86. The lowest BCUT2D eigenvalue weighted by Gasteiger charge is -2.02. The minimum absolute atomic E-state index is 0.0498. The quantitative estimate of drug-likeness (QED) is 0.484. The van der Waals surface area contributed by atoms with Gasteiger partial charge in [0, 0.05) is 35.5 Å². The van der Waals surface area contributed by atoms with Crippen molar-refractivity contribution in [2.24, 2.45) is 0 Å². The molecule has 1 amide bonds. The van der Waals surface area contributed by atoms with Gasteiger partial charge in [-0.2, -0.15) is 0 Å². The zero-order valence-corrected chi connectivity index (χ0v) is 12.5. The highest BCUT2D eigenvalue weighted by Crippen LogP contribution is 2.14. The molecule has 0 aromatic carbocycles. The summed E-state index contributed by atoms with van der Waals surface area (Å²) >= 11 is 2.83. The van der Waals surface area contributed by atoms with Crippen molar-refractivity contribution < 1.29 is 4.79 Å². The Hall–Kier alpha value is -1.67. The van der Waals surface area contributed by atoms with Crippen molar-refractivity contribution in [1.82, 2.24) is 15.0 Å². The molecular weight excluding hydrogens is 296 g/mol. The van der Waals surface area contributed by atoms with Crippen LogP contribution in [0.3, 0.4) is 0 Å². The number of amides is 1. The number of hydrogen-bond acceptors (Lipinski definition) is 6. The molecule has 0 aliphatic rings. The Labute approximate surface area is 124 Å². The van der Waals surface area contributed by atoms with Crippen LogP contribution < -0.4 is 10.9 Å². The van der Waals surface area contributed by atoms with Gasteiger partial charge in [0.2, 0.25) is 5.91 Å². The van der Waals surface area contributed by atoms with Crippen LogP contribution in [0, 0.1) is 6.92 Å². The van der Waals surface area contributed by atoms with Crippen LogP contribution >= 0.6 is 23.1 Å². The molecule has 2 rings (SSSR count). The molecule has 0 radical (unpaired) electrons.